The van der Waals surface area contributed by atoms with Crippen LogP contribution in [0.2, 0.25) is 0 Å². The smallest absolute Gasteiger partial charge is 0.188 e. The van der Waals surface area contributed by atoms with Crippen molar-refractivity contribution in [2.45, 2.75) is 13.3 Å². The molecule has 0 saturated carbocycles. The average Bonchev–Trinajstić information content (AvgIpc) is 2.15. The van der Waals surface area contributed by atoms with Crippen LogP contribution in [-0.4, -0.2) is 13.9 Å². The second-order valence-electron chi connectivity index (χ2n) is 2.63. The highest BCUT2D eigenvalue weighted by Crippen LogP contribution is 2.29. The number of para-hydroxylation sites is 1. The number of benzene rings is 1. The van der Waals surface area contributed by atoms with Gasteiger partial charge in [-0.25, -0.2) is 0 Å². The predicted octanol–water partition coefficient (Wildman–Crippen LogP) is 2.99. The van der Waals surface area contributed by atoms with Crippen molar-refractivity contribution in [3.8, 4) is 5.75 Å². The summed E-state index contributed by atoms with van der Waals surface area (Å²) in [6.07, 6.45) is 0.957. The van der Waals surface area contributed by atoms with E-state index < -0.39 is 0 Å². The Labute approximate surface area is 87.0 Å². The van der Waals surface area contributed by atoms with Gasteiger partial charge >= 0.3 is 0 Å². The molecule has 0 atom stereocenters. The van der Waals surface area contributed by atoms with Gasteiger partial charge in [0.2, 0.25) is 0 Å². The molecular weight excluding hydrogens is 232 g/mol. The molecule has 0 aliphatic heterocycles. The first-order chi connectivity index (χ1) is 6.29. The van der Waals surface area contributed by atoms with Crippen molar-refractivity contribution in [3.05, 3.63) is 28.2 Å². The zero-order valence-corrected chi connectivity index (χ0v) is 9.43. The number of rotatable bonds is 4. The van der Waals surface area contributed by atoms with E-state index in [1.807, 2.05) is 12.1 Å². The van der Waals surface area contributed by atoms with E-state index in [-0.39, 0.29) is 6.79 Å². The third-order valence-corrected chi connectivity index (χ3v) is 2.37. The van der Waals surface area contributed by atoms with E-state index in [2.05, 4.69) is 28.9 Å². The minimum Gasteiger partial charge on any atom is -0.466 e. The molecular formula is C10H13BrO2. The highest BCUT2D eigenvalue weighted by molar-refractivity contribution is 9.10. The van der Waals surface area contributed by atoms with Gasteiger partial charge in [0.05, 0.1) is 4.47 Å². The number of hydrogen-bond donors (Lipinski definition) is 0. The first-order valence-electron chi connectivity index (χ1n) is 4.18. The Balaban J connectivity index is 2.87. The fourth-order valence-electron chi connectivity index (χ4n) is 1.11. The van der Waals surface area contributed by atoms with E-state index in [1.54, 1.807) is 7.11 Å². The van der Waals surface area contributed by atoms with Crippen LogP contribution in [0.4, 0.5) is 0 Å². The SMILES string of the molecule is CCc1cccc(Br)c1OCOC. The summed E-state index contributed by atoms with van der Waals surface area (Å²) in [7, 11) is 1.61. The number of aryl methyl sites for hydroxylation is 1. The molecule has 0 aliphatic rings. The molecule has 0 bridgehead atoms. The zero-order valence-electron chi connectivity index (χ0n) is 7.84. The van der Waals surface area contributed by atoms with Gasteiger partial charge in [-0.05, 0) is 34.0 Å². The lowest BCUT2D eigenvalue weighted by Gasteiger charge is -2.10. The third-order valence-electron chi connectivity index (χ3n) is 1.75. The largest absolute Gasteiger partial charge is 0.466 e. The minimum atomic E-state index is 0.287. The Morgan fingerprint density at radius 3 is 2.77 bits per heavy atom. The van der Waals surface area contributed by atoms with Gasteiger partial charge in [0.25, 0.3) is 0 Å². The first kappa shape index (κ1) is 10.5. The molecule has 0 aromatic heterocycles. The van der Waals surface area contributed by atoms with Crippen molar-refractivity contribution >= 4 is 15.9 Å². The van der Waals surface area contributed by atoms with Gasteiger partial charge in [0, 0.05) is 7.11 Å². The van der Waals surface area contributed by atoms with Crippen molar-refractivity contribution in [2.24, 2.45) is 0 Å². The van der Waals surface area contributed by atoms with Crippen molar-refractivity contribution in [3.63, 3.8) is 0 Å². The van der Waals surface area contributed by atoms with Crippen LogP contribution in [0.15, 0.2) is 22.7 Å². The Morgan fingerprint density at radius 2 is 2.15 bits per heavy atom. The zero-order chi connectivity index (χ0) is 9.68. The minimum absolute atomic E-state index is 0.287. The molecule has 0 fully saturated rings. The Bertz CT molecular complexity index is 274. The number of hydrogen-bond acceptors (Lipinski definition) is 2. The van der Waals surface area contributed by atoms with Crippen LogP contribution in [-0.2, 0) is 11.2 Å². The van der Waals surface area contributed by atoms with Crippen LogP contribution < -0.4 is 4.74 Å². The molecule has 72 valence electrons. The maximum absolute atomic E-state index is 5.44. The van der Waals surface area contributed by atoms with E-state index >= 15 is 0 Å². The molecule has 0 spiro atoms. The fourth-order valence-corrected chi connectivity index (χ4v) is 1.63. The fraction of sp³-hybridized carbons (Fsp3) is 0.400. The van der Waals surface area contributed by atoms with Gasteiger partial charge in [0.15, 0.2) is 6.79 Å². The molecule has 0 N–H and O–H groups in total. The quantitative estimate of drug-likeness (QED) is 0.759. The number of halogens is 1. The molecule has 0 radical (unpaired) electrons. The van der Waals surface area contributed by atoms with Gasteiger partial charge in [-0.3, -0.25) is 0 Å². The van der Waals surface area contributed by atoms with Crippen molar-refractivity contribution in [1.29, 1.82) is 0 Å². The van der Waals surface area contributed by atoms with Crippen LogP contribution in [0.3, 0.4) is 0 Å². The molecule has 0 unspecified atom stereocenters. The third kappa shape index (κ3) is 2.71. The molecule has 2 nitrogen and oxygen atoms in total. The van der Waals surface area contributed by atoms with Gasteiger partial charge in [-0.15, -0.1) is 0 Å². The van der Waals surface area contributed by atoms with Crippen LogP contribution in [0, 0.1) is 0 Å². The van der Waals surface area contributed by atoms with Crippen molar-refractivity contribution < 1.29 is 9.47 Å². The van der Waals surface area contributed by atoms with Gasteiger partial charge in [-0.2, -0.15) is 0 Å². The van der Waals surface area contributed by atoms with E-state index in [0.717, 1.165) is 16.6 Å². The molecule has 0 aliphatic carbocycles. The number of ether oxygens (including phenoxy) is 2. The number of methoxy groups -OCH3 is 1. The lowest BCUT2D eigenvalue weighted by molar-refractivity contribution is 0.0499. The highest BCUT2D eigenvalue weighted by Gasteiger charge is 2.05. The van der Waals surface area contributed by atoms with Crippen molar-refractivity contribution in [1.82, 2.24) is 0 Å². The maximum atomic E-state index is 5.44. The lowest BCUT2D eigenvalue weighted by atomic mass is 10.1. The average molecular weight is 245 g/mol. The summed E-state index contributed by atoms with van der Waals surface area (Å²) in [5.74, 6) is 0.881. The monoisotopic (exact) mass is 244 g/mol. The molecule has 1 aromatic carbocycles. The maximum Gasteiger partial charge on any atom is 0.188 e. The van der Waals surface area contributed by atoms with Gasteiger partial charge in [0.1, 0.15) is 5.75 Å². The molecule has 13 heavy (non-hydrogen) atoms. The summed E-state index contributed by atoms with van der Waals surface area (Å²) in [5.41, 5.74) is 1.19. The molecule has 0 amide bonds. The van der Waals surface area contributed by atoms with Gasteiger partial charge in [-0.1, -0.05) is 19.1 Å². The van der Waals surface area contributed by atoms with Gasteiger partial charge < -0.3 is 9.47 Å². The molecule has 1 aromatic rings. The standard InChI is InChI=1S/C10H13BrO2/c1-3-8-5-4-6-9(11)10(8)13-7-12-2/h4-6H,3,7H2,1-2H3. The predicted molar refractivity (Wildman–Crippen MR) is 56.0 cm³/mol. The molecule has 0 heterocycles. The molecule has 0 saturated heterocycles. The summed E-state index contributed by atoms with van der Waals surface area (Å²) < 4.78 is 11.3. The molecule has 3 heteroatoms. The summed E-state index contributed by atoms with van der Waals surface area (Å²) in [6.45, 7) is 2.39. The van der Waals surface area contributed by atoms with Crippen LogP contribution >= 0.6 is 15.9 Å². The topological polar surface area (TPSA) is 18.5 Å². The second-order valence-corrected chi connectivity index (χ2v) is 3.49. The highest BCUT2D eigenvalue weighted by atomic mass is 79.9. The van der Waals surface area contributed by atoms with E-state index in [4.69, 9.17) is 9.47 Å². The summed E-state index contributed by atoms with van der Waals surface area (Å²) in [6, 6.07) is 6.02. The van der Waals surface area contributed by atoms with Crippen molar-refractivity contribution in [2.75, 3.05) is 13.9 Å². The Kier molecular flexibility index (Phi) is 4.25. The van der Waals surface area contributed by atoms with E-state index in [9.17, 15) is 0 Å². The first-order valence-corrected chi connectivity index (χ1v) is 4.98. The summed E-state index contributed by atoms with van der Waals surface area (Å²) in [4.78, 5) is 0. The Morgan fingerprint density at radius 1 is 1.38 bits per heavy atom. The normalized spacial score (nSPS) is 10.1. The summed E-state index contributed by atoms with van der Waals surface area (Å²) >= 11 is 3.44. The lowest BCUT2D eigenvalue weighted by Crippen LogP contribution is -2.01. The van der Waals surface area contributed by atoms with Crippen LogP contribution in [0.25, 0.3) is 0 Å². The Hall–Kier alpha value is -0.540. The second kappa shape index (κ2) is 5.25. The van der Waals surface area contributed by atoms with Crippen LogP contribution in [0.5, 0.6) is 5.75 Å². The van der Waals surface area contributed by atoms with E-state index in [1.165, 1.54) is 5.56 Å². The van der Waals surface area contributed by atoms with E-state index in [0.29, 0.717) is 0 Å². The summed E-state index contributed by atoms with van der Waals surface area (Å²) in [5, 5.41) is 0. The van der Waals surface area contributed by atoms with Crippen LogP contribution in [0.1, 0.15) is 12.5 Å². The molecule has 1 rings (SSSR count).